The van der Waals surface area contributed by atoms with E-state index in [4.69, 9.17) is 38.4 Å². The lowest BCUT2D eigenvalue weighted by Crippen LogP contribution is -2.14. The van der Waals surface area contributed by atoms with Crippen LogP contribution in [0.15, 0.2) is 97.1 Å². The zero-order chi connectivity index (χ0) is 38.5. The molecule has 14 heteroatoms. The molecule has 0 aliphatic carbocycles. The SMILES string of the molecule is COC(=O)COc1ccc(-c2cc(-c3ccc(OCC(=O)OC)cc3OCC(=O)OC)nc(-c3ccc(-c4ccccc4)cc3)n2)c(OCC(=O)OC)c1. The Morgan fingerprint density at radius 1 is 0.444 bits per heavy atom. The molecule has 0 radical (unpaired) electrons. The highest BCUT2D eigenvalue weighted by Crippen LogP contribution is 2.39. The Morgan fingerprint density at radius 3 is 1.26 bits per heavy atom. The quantitative estimate of drug-likeness (QED) is 0.0939. The van der Waals surface area contributed by atoms with Crippen molar-refractivity contribution in [2.24, 2.45) is 0 Å². The van der Waals surface area contributed by atoms with Gasteiger partial charge in [-0.25, -0.2) is 29.1 Å². The summed E-state index contributed by atoms with van der Waals surface area (Å²) in [6.07, 6.45) is 0. The summed E-state index contributed by atoms with van der Waals surface area (Å²) >= 11 is 0. The summed E-state index contributed by atoms with van der Waals surface area (Å²) in [5.74, 6) is -1.24. The first-order valence-electron chi connectivity index (χ1n) is 16.3. The Balaban J connectivity index is 1.66. The fraction of sp³-hybridized carbons (Fsp3) is 0.200. The van der Waals surface area contributed by atoms with Crippen LogP contribution in [0.5, 0.6) is 23.0 Å². The van der Waals surface area contributed by atoms with Crippen LogP contribution in [0.3, 0.4) is 0 Å². The van der Waals surface area contributed by atoms with Crippen molar-refractivity contribution >= 4 is 23.9 Å². The number of esters is 4. The molecular formula is C40H36N2O12. The fourth-order valence-corrected chi connectivity index (χ4v) is 4.94. The summed E-state index contributed by atoms with van der Waals surface area (Å²) in [5.41, 5.74) is 4.29. The minimum atomic E-state index is -0.633. The number of carbonyl (C=O) groups is 4. The summed E-state index contributed by atoms with van der Waals surface area (Å²) in [7, 11) is 4.96. The molecule has 0 fully saturated rings. The van der Waals surface area contributed by atoms with Crippen molar-refractivity contribution in [3.8, 4) is 68.0 Å². The molecule has 1 heterocycles. The van der Waals surface area contributed by atoms with E-state index in [1.54, 1.807) is 30.3 Å². The topological polar surface area (TPSA) is 168 Å². The van der Waals surface area contributed by atoms with Crippen molar-refractivity contribution in [1.29, 1.82) is 0 Å². The van der Waals surface area contributed by atoms with Gasteiger partial charge in [-0.15, -0.1) is 0 Å². The first-order chi connectivity index (χ1) is 26.2. The largest absolute Gasteiger partial charge is 0.482 e. The Hall–Kier alpha value is -6.96. The predicted octanol–water partition coefficient (Wildman–Crippen LogP) is 5.35. The zero-order valence-electron chi connectivity index (χ0n) is 29.9. The standard InChI is InChI=1S/C40H36N2O12/c1-47-36(43)21-51-28-14-16-30(34(18-28)53-23-38(45)49-3)32-20-33(42-40(41-32)27-12-10-26(11-13-27)25-8-6-5-7-9-25)31-17-15-29(52-22-37(44)48-2)19-35(31)54-24-39(46)50-4/h5-20H,21-24H2,1-4H3. The van der Waals surface area contributed by atoms with Crippen LogP contribution in [-0.4, -0.2) is 88.7 Å². The van der Waals surface area contributed by atoms with Crippen LogP contribution in [-0.2, 0) is 38.1 Å². The molecule has 0 atom stereocenters. The van der Waals surface area contributed by atoms with Crippen LogP contribution in [0.2, 0.25) is 0 Å². The average Bonchev–Trinajstić information content (AvgIpc) is 3.22. The smallest absolute Gasteiger partial charge is 0.343 e. The maximum absolute atomic E-state index is 12.1. The van der Waals surface area contributed by atoms with E-state index in [0.29, 0.717) is 33.9 Å². The maximum Gasteiger partial charge on any atom is 0.343 e. The van der Waals surface area contributed by atoms with E-state index in [0.717, 1.165) is 11.1 Å². The van der Waals surface area contributed by atoms with Crippen molar-refractivity contribution in [1.82, 2.24) is 9.97 Å². The number of carbonyl (C=O) groups excluding carboxylic acids is 4. The van der Waals surface area contributed by atoms with E-state index in [-0.39, 0.29) is 36.2 Å². The maximum atomic E-state index is 12.1. The van der Waals surface area contributed by atoms with E-state index in [1.165, 1.54) is 40.6 Å². The molecule has 4 aromatic carbocycles. The van der Waals surface area contributed by atoms with Crippen molar-refractivity contribution in [3.63, 3.8) is 0 Å². The third kappa shape index (κ3) is 10.1. The second kappa shape index (κ2) is 18.5. The van der Waals surface area contributed by atoms with Gasteiger partial charge in [0, 0.05) is 28.8 Å². The lowest BCUT2D eigenvalue weighted by molar-refractivity contribution is -0.143. The van der Waals surface area contributed by atoms with Crippen molar-refractivity contribution in [3.05, 3.63) is 97.1 Å². The molecule has 0 unspecified atom stereocenters. The summed E-state index contributed by atoms with van der Waals surface area (Å²) in [6.45, 7) is -1.59. The van der Waals surface area contributed by atoms with Crippen LogP contribution in [0, 0.1) is 0 Å². The first-order valence-corrected chi connectivity index (χ1v) is 16.3. The third-order valence-electron chi connectivity index (χ3n) is 7.75. The Bertz CT molecular complexity index is 2000. The van der Waals surface area contributed by atoms with Gasteiger partial charge in [0.05, 0.1) is 39.8 Å². The van der Waals surface area contributed by atoms with Gasteiger partial charge in [-0.3, -0.25) is 0 Å². The van der Waals surface area contributed by atoms with Crippen LogP contribution in [0.1, 0.15) is 0 Å². The predicted molar refractivity (Wildman–Crippen MR) is 194 cm³/mol. The Kier molecular flexibility index (Phi) is 13.1. The van der Waals surface area contributed by atoms with Gasteiger partial charge in [0.1, 0.15) is 23.0 Å². The van der Waals surface area contributed by atoms with Gasteiger partial charge in [0.2, 0.25) is 0 Å². The second-order valence-electron chi connectivity index (χ2n) is 11.2. The Labute approximate surface area is 310 Å². The molecule has 0 spiro atoms. The summed E-state index contributed by atoms with van der Waals surface area (Å²) in [4.78, 5) is 57.6. The van der Waals surface area contributed by atoms with Crippen molar-refractivity contribution in [2.45, 2.75) is 0 Å². The van der Waals surface area contributed by atoms with Gasteiger partial charge in [0.25, 0.3) is 0 Å². The van der Waals surface area contributed by atoms with E-state index < -0.39 is 37.1 Å². The van der Waals surface area contributed by atoms with Gasteiger partial charge < -0.3 is 37.9 Å². The highest BCUT2D eigenvalue weighted by atomic mass is 16.6. The van der Waals surface area contributed by atoms with Crippen LogP contribution in [0.4, 0.5) is 0 Å². The molecule has 0 N–H and O–H groups in total. The highest BCUT2D eigenvalue weighted by Gasteiger charge is 2.20. The Morgan fingerprint density at radius 2 is 0.833 bits per heavy atom. The third-order valence-corrected chi connectivity index (χ3v) is 7.75. The molecule has 1 aromatic heterocycles. The van der Waals surface area contributed by atoms with Gasteiger partial charge in [-0.2, -0.15) is 0 Å². The number of hydrogen-bond acceptors (Lipinski definition) is 14. The summed E-state index contributed by atoms with van der Waals surface area (Å²) < 4.78 is 41.8. The second-order valence-corrected chi connectivity index (χ2v) is 11.2. The van der Waals surface area contributed by atoms with Gasteiger partial charge in [-0.1, -0.05) is 54.6 Å². The number of hydrogen-bond donors (Lipinski definition) is 0. The molecule has 54 heavy (non-hydrogen) atoms. The minimum Gasteiger partial charge on any atom is -0.482 e. The van der Waals surface area contributed by atoms with E-state index in [2.05, 4.69) is 9.47 Å². The summed E-state index contributed by atoms with van der Waals surface area (Å²) in [6, 6.07) is 28.8. The molecule has 278 valence electrons. The van der Waals surface area contributed by atoms with Gasteiger partial charge in [-0.05, 0) is 41.5 Å². The van der Waals surface area contributed by atoms with Gasteiger partial charge in [0.15, 0.2) is 32.3 Å². The number of ether oxygens (including phenoxy) is 8. The molecule has 0 bridgehead atoms. The molecule has 0 saturated heterocycles. The lowest BCUT2D eigenvalue weighted by Gasteiger charge is -2.16. The first kappa shape index (κ1) is 38.3. The lowest BCUT2D eigenvalue weighted by atomic mass is 10.0. The van der Waals surface area contributed by atoms with E-state index >= 15 is 0 Å². The number of nitrogens with zero attached hydrogens (tertiary/aromatic N) is 2. The molecule has 0 amide bonds. The number of aromatic nitrogens is 2. The molecule has 5 rings (SSSR count). The van der Waals surface area contributed by atoms with Crippen LogP contribution < -0.4 is 18.9 Å². The van der Waals surface area contributed by atoms with Crippen molar-refractivity contribution < 1.29 is 57.1 Å². The average molecular weight is 737 g/mol. The van der Waals surface area contributed by atoms with Crippen LogP contribution in [0.25, 0.3) is 45.0 Å². The van der Waals surface area contributed by atoms with Crippen LogP contribution >= 0.6 is 0 Å². The molecule has 0 aliphatic heterocycles. The summed E-state index contributed by atoms with van der Waals surface area (Å²) in [5, 5.41) is 0. The normalized spacial score (nSPS) is 10.4. The van der Waals surface area contributed by atoms with Crippen molar-refractivity contribution in [2.75, 3.05) is 54.9 Å². The highest BCUT2D eigenvalue weighted by molar-refractivity contribution is 5.80. The molecular weight excluding hydrogens is 700 g/mol. The zero-order valence-corrected chi connectivity index (χ0v) is 29.9. The monoisotopic (exact) mass is 736 g/mol. The number of benzene rings is 4. The van der Waals surface area contributed by atoms with E-state index in [9.17, 15) is 19.2 Å². The molecule has 14 nitrogen and oxygen atoms in total. The minimum absolute atomic E-state index is 0.187. The van der Waals surface area contributed by atoms with Gasteiger partial charge >= 0.3 is 23.9 Å². The van der Waals surface area contributed by atoms with E-state index in [1.807, 2.05) is 54.6 Å². The molecule has 5 aromatic rings. The molecule has 0 aliphatic rings. The molecule has 0 saturated carbocycles. The number of rotatable bonds is 16. The fourth-order valence-electron chi connectivity index (χ4n) is 4.94. The number of methoxy groups -OCH3 is 4.